The van der Waals surface area contributed by atoms with E-state index in [4.69, 9.17) is 29.4 Å². The molecule has 5 rings (SSSR count). The van der Waals surface area contributed by atoms with Gasteiger partial charge in [0, 0.05) is 12.1 Å². The van der Waals surface area contributed by atoms with Gasteiger partial charge in [-0.15, -0.1) is 0 Å². The second-order valence-electron chi connectivity index (χ2n) is 12.8. The van der Waals surface area contributed by atoms with Crippen molar-refractivity contribution in [2.45, 2.75) is 95.5 Å². The Hall–Kier alpha value is -2.66. The number of esters is 1. The van der Waals surface area contributed by atoms with Crippen LogP contribution in [0, 0.1) is 17.8 Å². The van der Waals surface area contributed by atoms with Crippen LogP contribution in [0.25, 0.3) is 0 Å². The third kappa shape index (κ3) is 5.20. The number of carbonyl (C=O) groups excluding carboxylic acids is 2. The molecule has 10 heteroatoms. The van der Waals surface area contributed by atoms with Crippen LogP contribution in [0.5, 0.6) is 11.5 Å². The zero-order valence-electron chi connectivity index (χ0n) is 25.4. The molecule has 7 atom stereocenters. The molecule has 1 fully saturated rings. The average Bonchev–Trinajstić information content (AvgIpc) is 3.31. The lowest BCUT2D eigenvalue weighted by molar-refractivity contribution is -0.177. The van der Waals surface area contributed by atoms with Gasteiger partial charge in [0.05, 0.1) is 30.8 Å². The van der Waals surface area contributed by atoms with Crippen molar-refractivity contribution in [1.82, 2.24) is 5.32 Å². The molecule has 1 spiro atoms. The molecule has 0 aromatic heterocycles. The van der Waals surface area contributed by atoms with Crippen LogP contribution < -0.4 is 20.5 Å². The van der Waals surface area contributed by atoms with Crippen molar-refractivity contribution in [2.24, 2.45) is 23.5 Å². The van der Waals surface area contributed by atoms with Crippen LogP contribution in [0.2, 0.25) is 0 Å². The smallest absolute Gasteiger partial charge is 0.340 e. The van der Waals surface area contributed by atoms with Crippen molar-refractivity contribution in [3.63, 3.8) is 0 Å². The van der Waals surface area contributed by atoms with E-state index < -0.39 is 35.2 Å². The largest absolute Gasteiger partial charge is 0.493 e. The van der Waals surface area contributed by atoms with Crippen molar-refractivity contribution in [1.29, 1.82) is 0 Å². The van der Waals surface area contributed by atoms with E-state index in [0.29, 0.717) is 61.5 Å². The first kappa shape index (κ1) is 30.8. The molecule has 4 aliphatic rings. The van der Waals surface area contributed by atoms with E-state index >= 15 is 0 Å². The van der Waals surface area contributed by atoms with Gasteiger partial charge in [0.2, 0.25) is 5.91 Å². The SMILES string of the molecule is COc1ccc2c3c1O[C@H]1C(OC(=O)[C@H](C)OCOCCCNC(=O)[C@@H](N)CC(C)C)=CC[C@@]4(O)[C@@H](C2)C(C)CC[C@]314. The molecular formula is C32H46N2O8. The van der Waals surface area contributed by atoms with Gasteiger partial charge in [-0.2, -0.15) is 0 Å². The molecule has 10 nitrogen and oxygen atoms in total. The summed E-state index contributed by atoms with van der Waals surface area (Å²) in [4.78, 5) is 25.1. The fourth-order valence-corrected chi connectivity index (χ4v) is 7.57. The van der Waals surface area contributed by atoms with Crippen molar-refractivity contribution >= 4 is 11.9 Å². The number of rotatable bonds is 13. The molecular weight excluding hydrogens is 540 g/mol. The number of aliphatic hydroxyl groups is 1. The molecule has 1 aliphatic heterocycles. The lowest BCUT2D eigenvalue weighted by Gasteiger charge is -2.61. The fraction of sp³-hybridized carbons (Fsp3) is 0.688. The standard InChI is InChI=1S/C32H46N2O8/c1-18(2)15-23(33)29(35)34-13-6-14-39-17-40-20(4)30(36)41-25-10-12-32(37)22-16-21-7-8-24(38-5)27-26(21)31(32,28(25)42-27)11-9-19(22)3/h7-8,10,18-20,22-23,28,37H,6,9,11-17,33H2,1-5H3,(H,34,35)/t19?,20-,22-,23-,28-,31-,32+/m0/s1. The Morgan fingerprint density at radius 2 is 2.05 bits per heavy atom. The van der Waals surface area contributed by atoms with Crippen LogP contribution in [0.4, 0.5) is 0 Å². The van der Waals surface area contributed by atoms with E-state index in [9.17, 15) is 14.7 Å². The Balaban J connectivity index is 1.17. The van der Waals surface area contributed by atoms with Gasteiger partial charge in [0.15, 0.2) is 23.7 Å². The highest BCUT2D eigenvalue weighted by atomic mass is 16.7. The first-order valence-corrected chi connectivity index (χ1v) is 15.3. The van der Waals surface area contributed by atoms with Crippen molar-refractivity contribution in [3.05, 3.63) is 35.1 Å². The Labute approximate surface area is 248 Å². The Morgan fingerprint density at radius 1 is 1.26 bits per heavy atom. The van der Waals surface area contributed by atoms with Gasteiger partial charge in [-0.05, 0) is 80.9 Å². The fourth-order valence-electron chi connectivity index (χ4n) is 7.57. The van der Waals surface area contributed by atoms with Crippen LogP contribution in [-0.4, -0.2) is 67.9 Å². The van der Waals surface area contributed by atoms with Gasteiger partial charge >= 0.3 is 5.97 Å². The minimum atomic E-state index is -0.995. The monoisotopic (exact) mass is 586 g/mol. The lowest BCUT2D eigenvalue weighted by atomic mass is 9.45. The molecule has 1 saturated carbocycles. The molecule has 42 heavy (non-hydrogen) atoms. The predicted molar refractivity (Wildman–Crippen MR) is 155 cm³/mol. The normalized spacial score (nSPS) is 30.1. The second kappa shape index (κ2) is 12.1. The number of amides is 1. The topological polar surface area (TPSA) is 139 Å². The number of carbonyl (C=O) groups is 2. The van der Waals surface area contributed by atoms with Crippen molar-refractivity contribution < 1.29 is 38.4 Å². The summed E-state index contributed by atoms with van der Waals surface area (Å²) in [5, 5.41) is 15.1. The van der Waals surface area contributed by atoms with E-state index in [0.717, 1.165) is 24.8 Å². The molecule has 1 aromatic rings. The maximum absolute atomic E-state index is 13.1. The Bertz CT molecular complexity index is 1220. The number of ether oxygens (including phenoxy) is 5. The minimum absolute atomic E-state index is 0.0854. The summed E-state index contributed by atoms with van der Waals surface area (Å²) in [6.07, 6.45) is 4.39. The maximum atomic E-state index is 13.1. The summed E-state index contributed by atoms with van der Waals surface area (Å²) >= 11 is 0. The van der Waals surface area contributed by atoms with E-state index in [1.165, 1.54) is 5.56 Å². The highest BCUT2D eigenvalue weighted by Gasteiger charge is 2.72. The molecule has 0 radical (unpaired) electrons. The Morgan fingerprint density at radius 3 is 2.79 bits per heavy atom. The number of benzene rings is 1. The van der Waals surface area contributed by atoms with Crippen LogP contribution >= 0.6 is 0 Å². The molecule has 1 unspecified atom stereocenters. The summed E-state index contributed by atoms with van der Waals surface area (Å²) in [6, 6.07) is 3.50. The third-order valence-corrected chi connectivity index (χ3v) is 9.72. The zero-order valence-corrected chi connectivity index (χ0v) is 25.4. The third-order valence-electron chi connectivity index (χ3n) is 9.72. The summed E-state index contributed by atoms with van der Waals surface area (Å²) in [7, 11) is 1.61. The van der Waals surface area contributed by atoms with Crippen molar-refractivity contribution in [3.8, 4) is 11.5 Å². The number of hydrogen-bond donors (Lipinski definition) is 3. The molecule has 0 saturated heterocycles. The molecule has 2 bridgehead atoms. The van der Waals surface area contributed by atoms with E-state index in [1.54, 1.807) is 14.0 Å². The number of methoxy groups -OCH3 is 1. The first-order valence-electron chi connectivity index (χ1n) is 15.3. The zero-order chi connectivity index (χ0) is 30.2. The first-order chi connectivity index (χ1) is 20.0. The molecule has 232 valence electrons. The van der Waals surface area contributed by atoms with Crippen LogP contribution in [0.1, 0.15) is 70.9 Å². The Kier molecular flexibility index (Phi) is 8.90. The van der Waals surface area contributed by atoms with Crippen molar-refractivity contribution in [2.75, 3.05) is 27.1 Å². The minimum Gasteiger partial charge on any atom is -0.493 e. The molecule has 1 aromatic carbocycles. The lowest BCUT2D eigenvalue weighted by Crippen LogP contribution is -2.69. The number of hydrogen-bond acceptors (Lipinski definition) is 9. The molecule has 1 amide bonds. The predicted octanol–water partition coefficient (Wildman–Crippen LogP) is 3.12. The van der Waals surface area contributed by atoms with E-state index in [2.05, 4.69) is 18.3 Å². The van der Waals surface area contributed by atoms with Crippen LogP contribution in [-0.2, 0) is 35.6 Å². The van der Waals surface area contributed by atoms with Gasteiger partial charge in [0.25, 0.3) is 0 Å². The van der Waals surface area contributed by atoms with Gasteiger partial charge in [-0.3, -0.25) is 4.79 Å². The number of nitrogens with one attached hydrogen (secondary N) is 1. The average molecular weight is 587 g/mol. The quantitative estimate of drug-likeness (QED) is 0.181. The van der Waals surface area contributed by atoms with Gasteiger partial charge in [0.1, 0.15) is 12.6 Å². The highest BCUT2D eigenvalue weighted by molar-refractivity contribution is 5.81. The second-order valence-corrected chi connectivity index (χ2v) is 12.8. The molecule has 3 aliphatic carbocycles. The summed E-state index contributed by atoms with van der Waals surface area (Å²) in [5.74, 6) is 1.76. The van der Waals surface area contributed by atoms with Gasteiger partial charge < -0.3 is 39.8 Å². The highest BCUT2D eigenvalue weighted by Crippen LogP contribution is 2.68. The van der Waals surface area contributed by atoms with E-state index in [1.807, 2.05) is 26.0 Å². The molecule has 4 N–H and O–H groups in total. The van der Waals surface area contributed by atoms with Gasteiger partial charge in [-0.1, -0.05) is 26.8 Å². The van der Waals surface area contributed by atoms with Crippen LogP contribution in [0.3, 0.4) is 0 Å². The number of nitrogens with two attached hydrogens (primary N) is 1. The summed E-state index contributed by atoms with van der Waals surface area (Å²) < 4.78 is 29.2. The van der Waals surface area contributed by atoms with Crippen LogP contribution in [0.15, 0.2) is 24.0 Å². The summed E-state index contributed by atoms with van der Waals surface area (Å²) in [5.41, 5.74) is 6.38. The van der Waals surface area contributed by atoms with Gasteiger partial charge in [-0.25, -0.2) is 4.79 Å². The van der Waals surface area contributed by atoms with E-state index in [-0.39, 0.29) is 18.6 Å². The maximum Gasteiger partial charge on any atom is 0.340 e. The molecule has 1 heterocycles. The summed E-state index contributed by atoms with van der Waals surface area (Å²) in [6.45, 7) is 8.59.